The van der Waals surface area contributed by atoms with E-state index in [1.54, 1.807) is 6.92 Å². The Morgan fingerprint density at radius 3 is 2.54 bits per heavy atom. The molecule has 0 bridgehead atoms. The van der Waals surface area contributed by atoms with Crippen LogP contribution in [0.3, 0.4) is 0 Å². The first kappa shape index (κ1) is 19.9. The fourth-order valence-electron chi connectivity index (χ4n) is 3.55. The van der Waals surface area contributed by atoms with Crippen LogP contribution in [0.1, 0.15) is 49.4 Å². The third-order valence-corrected chi connectivity index (χ3v) is 5.18. The van der Waals surface area contributed by atoms with Gasteiger partial charge in [-0.2, -0.15) is 4.39 Å². The maximum Gasteiger partial charge on any atom is 0.306 e. The van der Waals surface area contributed by atoms with Crippen LogP contribution in [-0.4, -0.2) is 16.9 Å². The van der Waals surface area contributed by atoms with E-state index in [1.807, 2.05) is 6.92 Å². The lowest BCUT2D eigenvalue weighted by Crippen LogP contribution is -2.39. The van der Waals surface area contributed by atoms with Crippen LogP contribution in [0.25, 0.3) is 0 Å². The van der Waals surface area contributed by atoms with E-state index in [0.29, 0.717) is 0 Å². The molecule has 0 aliphatic heterocycles. The summed E-state index contributed by atoms with van der Waals surface area (Å²) in [4.78, 5) is 22.5. The Morgan fingerprint density at radius 2 is 1.82 bits per heavy atom. The van der Waals surface area contributed by atoms with E-state index in [0.717, 1.165) is 30.5 Å². The van der Waals surface area contributed by atoms with Crippen LogP contribution in [0.2, 0.25) is 0 Å². The van der Waals surface area contributed by atoms with Crippen molar-refractivity contribution in [2.24, 2.45) is 0 Å². The number of hydrogen-bond donors (Lipinski definition) is 2. The van der Waals surface area contributed by atoms with E-state index in [-0.39, 0.29) is 17.6 Å². The Morgan fingerprint density at radius 1 is 1.11 bits per heavy atom. The molecule has 0 heterocycles. The number of amides is 1. The van der Waals surface area contributed by atoms with E-state index in [4.69, 9.17) is 0 Å². The molecule has 0 radical (unpaired) electrons. The summed E-state index contributed by atoms with van der Waals surface area (Å²) in [5.74, 6) is -1.28. The predicted molar refractivity (Wildman–Crippen MR) is 106 cm³/mol. The zero-order valence-electron chi connectivity index (χ0n) is 16.0. The van der Waals surface area contributed by atoms with Crippen molar-refractivity contribution >= 4 is 17.3 Å². The molecule has 2 aromatic rings. The number of benzene rings is 2. The van der Waals surface area contributed by atoms with Crippen molar-refractivity contribution in [1.82, 2.24) is 5.32 Å². The molecule has 148 valence electrons. The van der Waals surface area contributed by atoms with Crippen LogP contribution in [0.5, 0.6) is 0 Å². The van der Waals surface area contributed by atoms with Gasteiger partial charge in [0.05, 0.1) is 11.0 Å². The van der Waals surface area contributed by atoms with Gasteiger partial charge in [0.2, 0.25) is 11.7 Å². The summed E-state index contributed by atoms with van der Waals surface area (Å²) in [6.07, 6.45) is 4.66. The van der Waals surface area contributed by atoms with Gasteiger partial charge in [0, 0.05) is 17.8 Å². The second kappa shape index (κ2) is 8.48. The second-order valence-corrected chi connectivity index (χ2v) is 7.26. The predicted octanol–water partition coefficient (Wildman–Crippen LogP) is 4.29. The average molecular weight is 385 g/mol. The number of fused-ring (bicyclic) bond motifs is 1. The number of hydrogen-bond acceptors (Lipinski definition) is 4. The van der Waals surface area contributed by atoms with Gasteiger partial charge in [-0.05, 0) is 68.4 Å². The second-order valence-electron chi connectivity index (χ2n) is 7.26. The summed E-state index contributed by atoms with van der Waals surface area (Å²) in [6, 6.07) is 9.21. The number of nitro benzene ring substituents is 1. The molecule has 0 unspecified atom stereocenters. The number of carbonyl (C=O) groups is 1. The minimum atomic E-state index is -0.935. The lowest BCUT2D eigenvalue weighted by molar-refractivity contribution is -0.387. The van der Waals surface area contributed by atoms with Crippen LogP contribution in [0.4, 0.5) is 15.8 Å². The Bertz CT molecular complexity index is 900. The highest BCUT2D eigenvalue weighted by Crippen LogP contribution is 2.25. The Labute approximate surface area is 163 Å². The average Bonchev–Trinajstić information content (AvgIpc) is 2.68. The van der Waals surface area contributed by atoms with E-state index < -0.39 is 22.5 Å². The lowest BCUT2D eigenvalue weighted by atomic mass is 9.89. The zero-order chi connectivity index (χ0) is 20.3. The summed E-state index contributed by atoms with van der Waals surface area (Å²) in [7, 11) is 0. The van der Waals surface area contributed by atoms with Gasteiger partial charge in [0.25, 0.3) is 0 Å². The number of nitro groups is 1. The highest BCUT2D eigenvalue weighted by Gasteiger charge is 2.20. The third-order valence-electron chi connectivity index (χ3n) is 5.18. The largest absolute Gasteiger partial charge is 0.324 e. The van der Waals surface area contributed by atoms with E-state index in [2.05, 4.69) is 28.8 Å². The molecule has 2 aromatic carbocycles. The monoisotopic (exact) mass is 385 g/mol. The van der Waals surface area contributed by atoms with Gasteiger partial charge < -0.3 is 5.32 Å². The molecule has 0 saturated heterocycles. The van der Waals surface area contributed by atoms with Gasteiger partial charge in [-0.1, -0.05) is 18.2 Å². The number of anilines is 1. The van der Waals surface area contributed by atoms with Crippen molar-refractivity contribution in [3.63, 3.8) is 0 Å². The summed E-state index contributed by atoms with van der Waals surface area (Å²) in [5.41, 5.74) is 3.44. The lowest BCUT2D eigenvalue weighted by Gasteiger charge is -2.22. The topological polar surface area (TPSA) is 84.3 Å². The van der Waals surface area contributed by atoms with Gasteiger partial charge in [0.1, 0.15) is 0 Å². The van der Waals surface area contributed by atoms with Crippen LogP contribution >= 0.6 is 0 Å². The molecule has 1 amide bonds. The van der Waals surface area contributed by atoms with Crippen LogP contribution in [-0.2, 0) is 17.6 Å². The smallest absolute Gasteiger partial charge is 0.306 e. The summed E-state index contributed by atoms with van der Waals surface area (Å²) in [6.45, 7) is 3.72. The van der Waals surface area contributed by atoms with Crippen molar-refractivity contribution in [1.29, 1.82) is 0 Å². The van der Waals surface area contributed by atoms with Gasteiger partial charge in [0.15, 0.2) is 0 Å². The fraction of sp³-hybridized carbons (Fsp3) is 0.381. The van der Waals surface area contributed by atoms with Crippen molar-refractivity contribution in [3.8, 4) is 0 Å². The number of carbonyl (C=O) groups excluding carboxylic acids is 1. The maximum atomic E-state index is 13.4. The normalized spacial score (nSPS) is 15.4. The molecule has 1 aliphatic carbocycles. The SMILES string of the molecule is C[C@H](N[C@H](C)C(=O)Nc1ccc(F)c([N+](=O)[O-])c1)c1ccc2c(c1)CCCC2. The first-order valence-electron chi connectivity index (χ1n) is 9.47. The Balaban J connectivity index is 1.64. The van der Waals surface area contributed by atoms with Crippen molar-refractivity contribution in [2.75, 3.05) is 5.32 Å². The molecule has 3 rings (SSSR count). The van der Waals surface area contributed by atoms with E-state index in [1.165, 1.54) is 30.0 Å². The molecule has 2 N–H and O–H groups in total. The van der Waals surface area contributed by atoms with Crippen molar-refractivity contribution in [2.45, 2.75) is 51.6 Å². The van der Waals surface area contributed by atoms with E-state index >= 15 is 0 Å². The molecule has 0 saturated carbocycles. The molecule has 0 spiro atoms. The fourth-order valence-corrected chi connectivity index (χ4v) is 3.55. The zero-order valence-corrected chi connectivity index (χ0v) is 16.0. The number of nitrogens with zero attached hydrogens (tertiary/aromatic N) is 1. The summed E-state index contributed by atoms with van der Waals surface area (Å²) in [5, 5.41) is 16.7. The number of aryl methyl sites for hydroxylation is 2. The van der Waals surface area contributed by atoms with Gasteiger partial charge >= 0.3 is 5.69 Å². The molecule has 28 heavy (non-hydrogen) atoms. The van der Waals surface area contributed by atoms with E-state index in [9.17, 15) is 19.3 Å². The summed E-state index contributed by atoms with van der Waals surface area (Å²) >= 11 is 0. The van der Waals surface area contributed by atoms with Crippen LogP contribution in [0.15, 0.2) is 36.4 Å². The summed E-state index contributed by atoms with van der Waals surface area (Å²) < 4.78 is 13.4. The van der Waals surface area contributed by atoms with Crippen LogP contribution in [0, 0.1) is 15.9 Å². The molecule has 0 aromatic heterocycles. The molecule has 2 atom stereocenters. The minimum absolute atomic E-state index is 0.0319. The molecular formula is C21H24FN3O3. The molecule has 7 heteroatoms. The minimum Gasteiger partial charge on any atom is -0.324 e. The highest BCUT2D eigenvalue weighted by molar-refractivity contribution is 5.94. The Kier molecular flexibility index (Phi) is 6.04. The van der Waals surface area contributed by atoms with Crippen molar-refractivity contribution in [3.05, 3.63) is 69.0 Å². The first-order valence-corrected chi connectivity index (χ1v) is 9.47. The standard InChI is InChI=1S/C21H24FN3O3/c1-13(16-8-7-15-5-3-4-6-17(15)11-16)23-14(2)21(26)24-18-9-10-19(22)20(12-18)25(27)28/h7-14,23H,3-6H2,1-2H3,(H,24,26)/t13-,14+/m0/s1. The Hall–Kier alpha value is -2.80. The number of halogens is 1. The van der Waals surface area contributed by atoms with Gasteiger partial charge in [-0.3, -0.25) is 20.2 Å². The first-order chi connectivity index (χ1) is 13.3. The molecule has 1 aliphatic rings. The number of nitrogens with one attached hydrogen (secondary N) is 2. The molecule has 0 fully saturated rings. The van der Waals surface area contributed by atoms with Crippen molar-refractivity contribution < 1.29 is 14.1 Å². The van der Waals surface area contributed by atoms with Crippen LogP contribution < -0.4 is 10.6 Å². The van der Waals surface area contributed by atoms with Gasteiger partial charge in [-0.25, -0.2) is 0 Å². The molecule has 6 nitrogen and oxygen atoms in total. The maximum absolute atomic E-state index is 13.4. The quantitative estimate of drug-likeness (QED) is 0.574. The highest BCUT2D eigenvalue weighted by atomic mass is 19.1. The van der Waals surface area contributed by atoms with Gasteiger partial charge in [-0.15, -0.1) is 0 Å². The number of rotatable bonds is 6. The third kappa shape index (κ3) is 4.54. The molecular weight excluding hydrogens is 361 g/mol.